The van der Waals surface area contributed by atoms with E-state index in [2.05, 4.69) is 5.32 Å². The first kappa shape index (κ1) is 18.7. The number of methoxy groups -OCH3 is 1. The van der Waals surface area contributed by atoms with Crippen LogP contribution in [0.1, 0.15) is 39.0 Å². The van der Waals surface area contributed by atoms with Crippen molar-refractivity contribution in [2.45, 2.75) is 45.1 Å². The number of rotatable bonds is 6. The van der Waals surface area contributed by atoms with Crippen LogP contribution in [0.25, 0.3) is 0 Å². The zero-order valence-electron chi connectivity index (χ0n) is 14.3. The number of hydrogen-bond donors (Lipinski definition) is 1. The standard InChI is InChI=1S/C17H22N2O6/c1-11(25-17(21)12-6-4-3-5-7-12)16(20)18-14-10-13(19(22)23)8-9-15(14)24-2/h8-12H,3-7H2,1-2H3,(H,18,20)/t11-/m1/s1. The molecule has 1 aromatic rings. The monoisotopic (exact) mass is 350 g/mol. The maximum Gasteiger partial charge on any atom is 0.309 e. The van der Waals surface area contributed by atoms with Crippen LogP contribution in [0, 0.1) is 16.0 Å². The summed E-state index contributed by atoms with van der Waals surface area (Å²) in [7, 11) is 1.39. The fraction of sp³-hybridized carbons (Fsp3) is 0.529. The predicted molar refractivity (Wildman–Crippen MR) is 90.4 cm³/mol. The van der Waals surface area contributed by atoms with Crippen LogP contribution in [-0.2, 0) is 14.3 Å². The molecular formula is C17H22N2O6. The normalized spacial score (nSPS) is 15.9. The van der Waals surface area contributed by atoms with E-state index in [1.807, 2.05) is 0 Å². The Bertz CT molecular complexity index is 655. The first-order chi connectivity index (χ1) is 11.9. The summed E-state index contributed by atoms with van der Waals surface area (Å²) in [6.45, 7) is 1.47. The van der Waals surface area contributed by atoms with Gasteiger partial charge in [-0.1, -0.05) is 19.3 Å². The second kappa shape index (κ2) is 8.46. The minimum absolute atomic E-state index is 0.155. The lowest BCUT2D eigenvalue weighted by Gasteiger charge is -2.22. The molecule has 1 amide bonds. The molecule has 0 bridgehead atoms. The summed E-state index contributed by atoms with van der Waals surface area (Å²) in [4.78, 5) is 34.7. The van der Waals surface area contributed by atoms with Crippen LogP contribution < -0.4 is 10.1 Å². The number of nitrogens with zero attached hydrogens (tertiary/aromatic N) is 1. The van der Waals surface area contributed by atoms with Gasteiger partial charge in [0.1, 0.15) is 5.75 Å². The van der Waals surface area contributed by atoms with E-state index in [0.29, 0.717) is 0 Å². The Kier molecular flexibility index (Phi) is 6.32. The summed E-state index contributed by atoms with van der Waals surface area (Å²) in [5, 5.41) is 13.4. The molecule has 1 fully saturated rings. The zero-order chi connectivity index (χ0) is 18.4. The number of benzene rings is 1. The van der Waals surface area contributed by atoms with Crippen molar-refractivity contribution >= 4 is 23.3 Å². The third-order valence-corrected chi connectivity index (χ3v) is 4.25. The molecule has 1 aliphatic rings. The quantitative estimate of drug-likeness (QED) is 0.480. The molecule has 1 atom stereocenters. The van der Waals surface area contributed by atoms with Gasteiger partial charge in [0.15, 0.2) is 6.10 Å². The average Bonchev–Trinajstić information content (AvgIpc) is 2.62. The lowest BCUT2D eigenvalue weighted by molar-refractivity contribution is -0.384. The first-order valence-electron chi connectivity index (χ1n) is 8.26. The largest absolute Gasteiger partial charge is 0.495 e. The minimum Gasteiger partial charge on any atom is -0.495 e. The van der Waals surface area contributed by atoms with Gasteiger partial charge in [-0.25, -0.2) is 0 Å². The number of amides is 1. The summed E-state index contributed by atoms with van der Waals surface area (Å²) in [5.41, 5.74) is -0.0229. The van der Waals surface area contributed by atoms with E-state index in [9.17, 15) is 19.7 Å². The Morgan fingerprint density at radius 2 is 1.96 bits per heavy atom. The van der Waals surface area contributed by atoms with Gasteiger partial charge in [0.05, 0.1) is 23.6 Å². The van der Waals surface area contributed by atoms with E-state index in [0.717, 1.165) is 32.1 Å². The van der Waals surface area contributed by atoms with E-state index < -0.39 is 16.9 Å². The molecule has 2 rings (SSSR count). The van der Waals surface area contributed by atoms with E-state index in [4.69, 9.17) is 9.47 Å². The average molecular weight is 350 g/mol. The first-order valence-corrected chi connectivity index (χ1v) is 8.26. The molecule has 8 heteroatoms. The third kappa shape index (κ3) is 4.91. The van der Waals surface area contributed by atoms with Crippen LogP contribution in [0.2, 0.25) is 0 Å². The van der Waals surface area contributed by atoms with Crippen molar-refractivity contribution in [1.29, 1.82) is 0 Å². The molecular weight excluding hydrogens is 328 g/mol. The highest BCUT2D eigenvalue weighted by atomic mass is 16.6. The number of nitro groups is 1. The van der Waals surface area contributed by atoms with Crippen molar-refractivity contribution in [2.75, 3.05) is 12.4 Å². The molecule has 1 saturated carbocycles. The number of esters is 1. The number of hydrogen-bond acceptors (Lipinski definition) is 6. The molecule has 0 heterocycles. The predicted octanol–water partition coefficient (Wildman–Crippen LogP) is 3.05. The molecule has 136 valence electrons. The van der Waals surface area contributed by atoms with E-state index in [-0.39, 0.29) is 29.0 Å². The van der Waals surface area contributed by atoms with Crippen molar-refractivity contribution in [2.24, 2.45) is 5.92 Å². The van der Waals surface area contributed by atoms with E-state index in [1.54, 1.807) is 0 Å². The molecule has 0 radical (unpaired) electrons. The SMILES string of the molecule is COc1ccc([N+](=O)[O-])cc1NC(=O)[C@@H](C)OC(=O)C1CCCCC1. The second-order valence-electron chi connectivity index (χ2n) is 6.04. The Labute approximate surface area is 145 Å². The van der Waals surface area contributed by atoms with Gasteiger partial charge < -0.3 is 14.8 Å². The molecule has 0 saturated heterocycles. The van der Waals surface area contributed by atoms with E-state index in [1.165, 1.54) is 32.2 Å². The van der Waals surface area contributed by atoms with Gasteiger partial charge in [0.2, 0.25) is 0 Å². The topological polar surface area (TPSA) is 108 Å². The van der Waals surface area contributed by atoms with Crippen molar-refractivity contribution in [3.63, 3.8) is 0 Å². The molecule has 8 nitrogen and oxygen atoms in total. The summed E-state index contributed by atoms with van der Waals surface area (Å²) in [5.74, 6) is -0.808. The van der Waals surface area contributed by atoms with Gasteiger partial charge in [-0.15, -0.1) is 0 Å². The van der Waals surface area contributed by atoms with Crippen molar-refractivity contribution < 1.29 is 24.0 Å². The fourth-order valence-electron chi connectivity index (χ4n) is 2.80. The van der Waals surface area contributed by atoms with Crippen LogP contribution in [0.5, 0.6) is 5.75 Å². The van der Waals surface area contributed by atoms with Gasteiger partial charge in [-0.3, -0.25) is 19.7 Å². The van der Waals surface area contributed by atoms with Gasteiger partial charge in [-0.2, -0.15) is 0 Å². The van der Waals surface area contributed by atoms with Crippen LogP contribution in [-0.4, -0.2) is 30.0 Å². The molecule has 0 aromatic heterocycles. The van der Waals surface area contributed by atoms with Crippen LogP contribution in [0.3, 0.4) is 0 Å². The van der Waals surface area contributed by atoms with Gasteiger partial charge >= 0.3 is 5.97 Å². The molecule has 0 spiro atoms. The van der Waals surface area contributed by atoms with Crippen LogP contribution in [0.4, 0.5) is 11.4 Å². The van der Waals surface area contributed by atoms with Gasteiger partial charge in [0.25, 0.3) is 11.6 Å². The Balaban J connectivity index is 2.01. The maximum atomic E-state index is 12.3. The smallest absolute Gasteiger partial charge is 0.309 e. The van der Waals surface area contributed by atoms with Crippen molar-refractivity contribution in [1.82, 2.24) is 0 Å². The molecule has 1 aromatic carbocycles. The summed E-state index contributed by atoms with van der Waals surface area (Å²) in [6.07, 6.45) is 3.67. The zero-order valence-corrected chi connectivity index (χ0v) is 14.3. The highest BCUT2D eigenvalue weighted by Gasteiger charge is 2.27. The van der Waals surface area contributed by atoms with Gasteiger partial charge in [-0.05, 0) is 25.8 Å². The summed E-state index contributed by atoms with van der Waals surface area (Å²) < 4.78 is 10.3. The van der Waals surface area contributed by atoms with Crippen molar-refractivity contribution in [3.8, 4) is 5.75 Å². The highest BCUT2D eigenvalue weighted by Crippen LogP contribution is 2.29. The third-order valence-electron chi connectivity index (χ3n) is 4.25. The molecule has 0 aliphatic heterocycles. The summed E-state index contributed by atoms with van der Waals surface area (Å²) in [6, 6.07) is 3.87. The van der Waals surface area contributed by atoms with Crippen LogP contribution in [0.15, 0.2) is 18.2 Å². The van der Waals surface area contributed by atoms with Crippen molar-refractivity contribution in [3.05, 3.63) is 28.3 Å². The summed E-state index contributed by atoms with van der Waals surface area (Å²) >= 11 is 0. The highest BCUT2D eigenvalue weighted by molar-refractivity contribution is 5.96. The molecule has 25 heavy (non-hydrogen) atoms. The van der Waals surface area contributed by atoms with Gasteiger partial charge in [0, 0.05) is 12.1 Å². The number of ether oxygens (including phenoxy) is 2. The lowest BCUT2D eigenvalue weighted by atomic mass is 9.89. The fourth-order valence-corrected chi connectivity index (χ4v) is 2.80. The Morgan fingerprint density at radius 1 is 1.28 bits per heavy atom. The lowest BCUT2D eigenvalue weighted by Crippen LogP contribution is -2.33. The number of anilines is 1. The number of carbonyl (C=O) groups is 2. The molecule has 0 unspecified atom stereocenters. The van der Waals surface area contributed by atoms with Crippen LogP contribution >= 0.6 is 0 Å². The number of nitrogens with one attached hydrogen (secondary N) is 1. The maximum absolute atomic E-state index is 12.3. The number of non-ortho nitro benzene ring substituents is 1. The second-order valence-corrected chi connectivity index (χ2v) is 6.04. The Hall–Kier alpha value is -2.64. The van der Waals surface area contributed by atoms with E-state index >= 15 is 0 Å². The molecule has 1 aliphatic carbocycles. The minimum atomic E-state index is -1.00. The Morgan fingerprint density at radius 3 is 2.56 bits per heavy atom. The number of carbonyl (C=O) groups excluding carboxylic acids is 2. The number of nitro benzene ring substituents is 1. The molecule has 1 N–H and O–H groups in total.